The standard InChI is InChI=1S/C20H24O5/c1-22-20-18(21)19(24-13-16-10-6-3-7-11-16)17(25-20)14-23-12-15-8-4-2-5-9-15/h2-11,17-21H,12-14H2,1H3/t17-,18+,19-,20-/m1/s1. The first-order valence-electron chi connectivity index (χ1n) is 8.41. The largest absolute Gasteiger partial charge is 0.385 e. The Kier molecular flexibility index (Phi) is 6.55. The first-order valence-corrected chi connectivity index (χ1v) is 8.41. The molecule has 0 bridgehead atoms. The second kappa shape index (κ2) is 9.08. The van der Waals surface area contributed by atoms with Crippen molar-refractivity contribution in [2.45, 2.75) is 37.8 Å². The van der Waals surface area contributed by atoms with Crippen LogP contribution in [0.5, 0.6) is 0 Å². The van der Waals surface area contributed by atoms with Gasteiger partial charge in [0.05, 0.1) is 19.8 Å². The van der Waals surface area contributed by atoms with Crippen molar-refractivity contribution in [3.63, 3.8) is 0 Å². The maximum absolute atomic E-state index is 10.4. The van der Waals surface area contributed by atoms with Gasteiger partial charge in [-0.25, -0.2) is 0 Å². The number of rotatable bonds is 8. The number of hydrogen-bond donors (Lipinski definition) is 1. The second-order valence-electron chi connectivity index (χ2n) is 6.03. The molecule has 0 aliphatic carbocycles. The zero-order valence-electron chi connectivity index (χ0n) is 14.3. The highest BCUT2D eigenvalue weighted by Crippen LogP contribution is 2.26. The summed E-state index contributed by atoms with van der Waals surface area (Å²) in [5, 5.41) is 10.4. The third-order valence-corrected chi connectivity index (χ3v) is 4.20. The van der Waals surface area contributed by atoms with Crippen LogP contribution in [0.2, 0.25) is 0 Å². The SMILES string of the molecule is CO[C@@H]1O[C@H](COCc2ccccc2)[C@@H](OCc2ccccc2)[C@@H]1O. The molecule has 3 rings (SSSR count). The molecule has 5 nitrogen and oxygen atoms in total. The summed E-state index contributed by atoms with van der Waals surface area (Å²) in [5.41, 5.74) is 2.13. The quantitative estimate of drug-likeness (QED) is 0.797. The first kappa shape index (κ1) is 18.0. The van der Waals surface area contributed by atoms with Crippen LogP contribution in [0.3, 0.4) is 0 Å². The molecule has 0 amide bonds. The third-order valence-electron chi connectivity index (χ3n) is 4.20. The lowest BCUT2D eigenvalue weighted by Gasteiger charge is -2.20. The van der Waals surface area contributed by atoms with Crippen LogP contribution in [0, 0.1) is 0 Å². The Morgan fingerprint density at radius 1 is 0.920 bits per heavy atom. The van der Waals surface area contributed by atoms with Crippen molar-refractivity contribution < 1.29 is 24.1 Å². The minimum absolute atomic E-state index is 0.325. The van der Waals surface area contributed by atoms with Crippen LogP contribution in [0.15, 0.2) is 60.7 Å². The summed E-state index contributed by atoms with van der Waals surface area (Å²) in [6.45, 7) is 1.21. The molecule has 134 valence electrons. The molecule has 0 spiro atoms. The average Bonchev–Trinajstić information content (AvgIpc) is 2.97. The fourth-order valence-corrected chi connectivity index (χ4v) is 2.87. The highest BCUT2D eigenvalue weighted by atomic mass is 16.7. The van der Waals surface area contributed by atoms with E-state index in [2.05, 4.69) is 0 Å². The number of benzene rings is 2. The Morgan fingerprint density at radius 3 is 2.12 bits per heavy atom. The van der Waals surface area contributed by atoms with Crippen molar-refractivity contribution in [3.8, 4) is 0 Å². The van der Waals surface area contributed by atoms with Gasteiger partial charge in [-0.1, -0.05) is 60.7 Å². The molecule has 1 fully saturated rings. The van der Waals surface area contributed by atoms with Gasteiger partial charge in [0.15, 0.2) is 6.29 Å². The Labute approximate surface area is 148 Å². The van der Waals surface area contributed by atoms with E-state index >= 15 is 0 Å². The van der Waals surface area contributed by atoms with Crippen LogP contribution in [-0.4, -0.2) is 43.4 Å². The zero-order valence-corrected chi connectivity index (χ0v) is 14.3. The fraction of sp³-hybridized carbons (Fsp3) is 0.400. The minimum Gasteiger partial charge on any atom is -0.385 e. The number of methoxy groups -OCH3 is 1. The molecule has 1 aliphatic rings. The van der Waals surface area contributed by atoms with Crippen molar-refractivity contribution >= 4 is 0 Å². The molecule has 1 aliphatic heterocycles. The summed E-state index contributed by atoms with van der Waals surface area (Å²) in [6.07, 6.45) is -2.43. The van der Waals surface area contributed by atoms with Crippen LogP contribution in [-0.2, 0) is 32.2 Å². The number of aliphatic hydroxyl groups is 1. The monoisotopic (exact) mass is 344 g/mol. The zero-order chi connectivity index (χ0) is 17.5. The van der Waals surface area contributed by atoms with Crippen LogP contribution < -0.4 is 0 Å². The molecule has 0 aromatic heterocycles. The van der Waals surface area contributed by atoms with Gasteiger partial charge in [0.2, 0.25) is 0 Å². The first-order chi connectivity index (χ1) is 12.3. The van der Waals surface area contributed by atoms with Gasteiger partial charge in [-0.2, -0.15) is 0 Å². The fourth-order valence-electron chi connectivity index (χ4n) is 2.87. The molecule has 25 heavy (non-hydrogen) atoms. The summed E-state index contributed by atoms with van der Waals surface area (Å²) in [7, 11) is 1.51. The van der Waals surface area contributed by atoms with E-state index in [4.69, 9.17) is 18.9 Å². The smallest absolute Gasteiger partial charge is 0.186 e. The Bertz CT molecular complexity index is 618. The molecule has 1 heterocycles. The van der Waals surface area contributed by atoms with E-state index in [1.807, 2.05) is 60.7 Å². The summed E-state index contributed by atoms with van der Waals surface area (Å²) >= 11 is 0. The molecule has 1 N–H and O–H groups in total. The third kappa shape index (κ3) is 4.87. The molecular formula is C20H24O5. The van der Waals surface area contributed by atoms with E-state index in [0.717, 1.165) is 11.1 Å². The molecule has 1 saturated heterocycles. The summed E-state index contributed by atoms with van der Waals surface area (Å²) in [4.78, 5) is 0. The van der Waals surface area contributed by atoms with E-state index < -0.39 is 18.5 Å². The lowest BCUT2D eigenvalue weighted by atomic mass is 10.1. The van der Waals surface area contributed by atoms with Crippen molar-refractivity contribution in [2.24, 2.45) is 0 Å². The molecule has 0 unspecified atom stereocenters. The highest BCUT2D eigenvalue weighted by molar-refractivity contribution is 5.14. The van der Waals surface area contributed by atoms with Gasteiger partial charge in [0.25, 0.3) is 0 Å². The van der Waals surface area contributed by atoms with Crippen molar-refractivity contribution in [1.29, 1.82) is 0 Å². The minimum atomic E-state index is -0.848. The van der Waals surface area contributed by atoms with Crippen molar-refractivity contribution in [2.75, 3.05) is 13.7 Å². The normalized spacial score (nSPS) is 26.0. The van der Waals surface area contributed by atoms with E-state index in [1.54, 1.807) is 0 Å². The average molecular weight is 344 g/mol. The van der Waals surface area contributed by atoms with Gasteiger partial charge in [0.1, 0.15) is 18.3 Å². The molecule has 4 atom stereocenters. The lowest BCUT2D eigenvalue weighted by molar-refractivity contribution is -0.156. The van der Waals surface area contributed by atoms with Gasteiger partial charge >= 0.3 is 0 Å². The predicted molar refractivity (Wildman–Crippen MR) is 92.8 cm³/mol. The molecule has 0 saturated carbocycles. The predicted octanol–water partition coefficient (Wildman–Crippen LogP) is 2.52. The molecule has 5 heteroatoms. The van der Waals surface area contributed by atoms with Crippen LogP contribution in [0.1, 0.15) is 11.1 Å². The Morgan fingerprint density at radius 2 is 1.52 bits per heavy atom. The summed E-state index contributed by atoms with van der Waals surface area (Å²) in [6, 6.07) is 19.8. The topological polar surface area (TPSA) is 57.2 Å². The van der Waals surface area contributed by atoms with E-state index in [1.165, 1.54) is 7.11 Å². The van der Waals surface area contributed by atoms with Gasteiger partial charge in [0, 0.05) is 7.11 Å². The maximum Gasteiger partial charge on any atom is 0.186 e. The number of aliphatic hydroxyl groups excluding tert-OH is 1. The Balaban J connectivity index is 1.55. The second-order valence-corrected chi connectivity index (χ2v) is 6.03. The molecule has 0 radical (unpaired) electrons. The van der Waals surface area contributed by atoms with Gasteiger partial charge in [-0.3, -0.25) is 0 Å². The van der Waals surface area contributed by atoms with E-state index in [0.29, 0.717) is 19.8 Å². The van der Waals surface area contributed by atoms with E-state index in [-0.39, 0.29) is 6.10 Å². The summed E-state index contributed by atoms with van der Waals surface area (Å²) in [5.74, 6) is 0. The van der Waals surface area contributed by atoms with Crippen LogP contribution >= 0.6 is 0 Å². The van der Waals surface area contributed by atoms with Gasteiger partial charge in [-0.15, -0.1) is 0 Å². The van der Waals surface area contributed by atoms with Crippen LogP contribution in [0.4, 0.5) is 0 Å². The number of hydrogen-bond acceptors (Lipinski definition) is 5. The molecule has 2 aromatic carbocycles. The number of ether oxygens (including phenoxy) is 4. The van der Waals surface area contributed by atoms with Crippen molar-refractivity contribution in [1.82, 2.24) is 0 Å². The van der Waals surface area contributed by atoms with Gasteiger partial charge in [-0.05, 0) is 11.1 Å². The maximum atomic E-state index is 10.4. The summed E-state index contributed by atoms with van der Waals surface area (Å²) < 4.78 is 22.6. The lowest BCUT2D eigenvalue weighted by Crippen LogP contribution is -2.37. The van der Waals surface area contributed by atoms with Crippen LogP contribution in [0.25, 0.3) is 0 Å². The molecular weight excluding hydrogens is 320 g/mol. The van der Waals surface area contributed by atoms with Crippen molar-refractivity contribution in [3.05, 3.63) is 71.8 Å². The van der Waals surface area contributed by atoms with E-state index in [9.17, 15) is 5.11 Å². The highest BCUT2D eigenvalue weighted by Gasteiger charge is 2.44. The Hall–Kier alpha value is -1.76. The molecule has 2 aromatic rings. The van der Waals surface area contributed by atoms with Gasteiger partial charge < -0.3 is 24.1 Å².